The van der Waals surface area contributed by atoms with E-state index in [1.807, 2.05) is 11.7 Å². The third-order valence-electron chi connectivity index (χ3n) is 4.26. The monoisotopic (exact) mass is 273 g/mol. The number of nitrogens with zero attached hydrogens (tertiary/aromatic N) is 3. The minimum Gasteiger partial charge on any atom is -0.388 e. The van der Waals surface area contributed by atoms with Crippen molar-refractivity contribution in [2.24, 2.45) is 7.05 Å². The number of aromatic nitrogens is 3. The number of fused-ring (bicyclic) bond motifs is 1. The van der Waals surface area contributed by atoms with Crippen LogP contribution in [0, 0.1) is 0 Å². The molecule has 1 N–H and O–H groups in total. The van der Waals surface area contributed by atoms with E-state index in [9.17, 15) is 5.11 Å². The molecule has 0 saturated heterocycles. The molecule has 108 valence electrons. The molecule has 1 aliphatic rings. The molecule has 0 amide bonds. The summed E-state index contributed by atoms with van der Waals surface area (Å²) in [5.41, 5.74) is 4.78. The highest BCUT2D eigenvalue weighted by atomic mass is 16.3. The Bertz CT molecular complexity index is 597. The second-order valence-corrected chi connectivity index (χ2v) is 5.78. The number of aliphatic hydroxyl groups is 1. The first-order valence-corrected chi connectivity index (χ1v) is 7.55. The molecule has 2 aromatic rings. The first-order chi connectivity index (χ1) is 9.67. The fourth-order valence-electron chi connectivity index (χ4n) is 3.06. The van der Waals surface area contributed by atoms with Crippen LogP contribution in [0.4, 0.5) is 0 Å². The van der Waals surface area contributed by atoms with Crippen molar-refractivity contribution >= 4 is 0 Å². The summed E-state index contributed by atoms with van der Waals surface area (Å²) in [6.45, 7) is 2.95. The van der Waals surface area contributed by atoms with E-state index in [-0.39, 0.29) is 6.10 Å². The van der Waals surface area contributed by atoms with E-state index in [0.29, 0.717) is 0 Å². The summed E-state index contributed by atoms with van der Waals surface area (Å²) in [4.78, 5) is 0. The predicted molar refractivity (Wildman–Crippen MR) is 78.6 cm³/mol. The quantitative estimate of drug-likeness (QED) is 0.874. The molecule has 0 saturated carbocycles. The second kappa shape index (κ2) is 5.44. The molecular formula is C16H23N3O. The van der Waals surface area contributed by atoms with Gasteiger partial charge in [-0.05, 0) is 37.3 Å². The van der Waals surface area contributed by atoms with Crippen molar-refractivity contribution in [3.05, 3.63) is 41.0 Å². The van der Waals surface area contributed by atoms with E-state index in [1.54, 1.807) is 0 Å². The van der Waals surface area contributed by atoms with Gasteiger partial charge in [-0.15, -0.1) is 0 Å². The van der Waals surface area contributed by atoms with Crippen molar-refractivity contribution in [2.75, 3.05) is 0 Å². The Kier molecular flexibility index (Phi) is 3.66. The van der Waals surface area contributed by atoms with Crippen LogP contribution in [-0.4, -0.2) is 19.5 Å². The van der Waals surface area contributed by atoms with Crippen LogP contribution < -0.4 is 0 Å². The zero-order chi connectivity index (χ0) is 14.1. The van der Waals surface area contributed by atoms with Crippen LogP contribution in [0.5, 0.6) is 0 Å². The highest BCUT2D eigenvalue weighted by molar-refractivity contribution is 5.28. The fourth-order valence-corrected chi connectivity index (χ4v) is 3.06. The van der Waals surface area contributed by atoms with Gasteiger partial charge in [0.15, 0.2) is 0 Å². The highest BCUT2D eigenvalue weighted by Gasteiger charge is 2.18. The SMILES string of the molecule is CCc1cc(Cn2cc3c(c2)C(O)CCCC3)n(C)n1. The summed E-state index contributed by atoms with van der Waals surface area (Å²) < 4.78 is 4.15. The van der Waals surface area contributed by atoms with E-state index in [1.165, 1.54) is 17.7 Å². The van der Waals surface area contributed by atoms with E-state index >= 15 is 0 Å². The van der Waals surface area contributed by atoms with Gasteiger partial charge in [0.2, 0.25) is 0 Å². The molecule has 0 fully saturated rings. The van der Waals surface area contributed by atoms with Crippen molar-refractivity contribution < 1.29 is 5.11 Å². The van der Waals surface area contributed by atoms with Crippen LogP contribution in [0.2, 0.25) is 0 Å². The molecule has 3 rings (SSSR count). The van der Waals surface area contributed by atoms with Gasteiger partial charge in [-0.1, -0.05) is 13.3 Å². The third-order valence-corrected chi connectivity index (χ3v) is 4.26. The van der Waals surface area contributed by atoms with Gasteiger partial charge in [-0.2, -0.15) is 5.10 Å². The summed E-state index contributed by atoms with van der Waals surface area (Å²) in [6, 6.07) is 2.17. The molecule has 1 aliphatic carbocycles. The van der Waals surface area contributed by atoms with E-state index in [2.05, 4.69) is 35.0 Å². The van der Waals surface area contributed by atoms with Crippen molar-refractivity contribution in [2.45, 2.75) is 51.7 Å². The lowest BCUT2D eigenvalue weighted by Crippen LogP contribution is -2.04. The Hall–Kier alpha value is -1.55. The molecule has 0 bridgehead atoms. The standard InChI is InChI=1S/C16H23N3O/c1-3-13-8-14(18(2)17-13)10-19-9-12-6-4-5-7-16(20)15(12)11-19/h8-9,11,16,20H,3-7,10H2,1-2H3. The maximum absolute atomic E-state index is 10.2. The van der Waals surface area contributed by atoms with Gasteiger partial charge in [-0.25, -0.2) is 0 Å². The van der Waals surface area contributed by atoms with Crippen LogP contribution in [0.25, 0.3) is 0 Å². The van der Waals surface area contributed by atoms with Gasteiger partial charge in [0, 0.05) is 25.0 Å². The van der Waals surface area contributed by atoms with Crippen LogP contribution in [0.1, 0.15) is 54.8 Å². The Morgan fingerprint density at radius 1 is 1.35 bits per heavy atom. The summed E-state index contributed by atoms with van der Waals surface area (Å²) in [5.74, 6) is 0. The zero-order valence-electron chi connectivity index (χ0n) is 12.3. The first kappa shape index (κ1) is 13.4. The van der Waals surface area contributed by atoms with Crippen molar-refractivity contribution in [3.8, 4) is 0 Å². The van der Waals surface area contributed by atoms with Gasteiger partial charge in [0.1, 0.15) is 0 Å². The van der Waals surface area contributed by atoms with Crippen LogP contribution in [0.15, 0.2) is 18.5 Å². The first-order valence-electron chi connectivity index (χ1n) is 7.55. The molecule has 0 spiro atoms. The minimum absolute atomic E-state index is 0.286. The molecule has 20 heavy (non-hydrogen) atoms. The molecule has 0 aliphatic heterocycles. The molecule has 2 heterocycles. The maximum Gasteiger partial charge on any atom is 0.0807 e. The van der Waals surface area contributed by atoms with Gasteiger partial charge in [-0.3, -0.25) is 4.68 Å². The second-order valence-electron chi connectivity index (χ2n) is 5.78. The molecular weight excluding hydrogens is 250 g/mol. The van der Waals surface area contributed by atoms with Crippen molar-refractivity contribution in [3.63, 3.8) is 0 Å². The third kappa shape index (κ3) is 2.52. The van der Waals surface area contributed by atoms with Crippen LogP contribution >= 0.6 is 0 Å². The number of hydrogen-bond acceptors (Lipinski definition) is 2. The molecule has 0 radical (unpaired) electrons. The zero-order valence-corrected chi connectivity index (χ0v) is 12.3. The molecule has 4 heteroatoms. The molecule has 1 atom stereocenters. The Labute approximate surface area is 120 Å². The summed E-state index contributed by atoms with van der Waals surface area (Å²) >= 11 is 0. The van der Waals surface area contributed by atoms with Crippen molar-refractivity contribution in [1.82, 2.24) is 14.3 Å². The van der Waals surface area contributed by atoms with Gasteiger partial charge in [0.25, 0.3) is 0 Å². The largest absolute Gasteiger partial charge is 0.388 e. The fraction of sp³-hybridized carbons (Fsp3) is 0.562. The lowest BCUT2D eigenvalue weighted by Gasteiger charge is -2.06. The molecule has 2 aromatic heterocycles. The van der Waals surface area contributed by atoms with Crippen LogP contribution in [0.3, 0.4) is 0 Å². The lowest BCUT2D eigenvalue weighted by molar-refractivity contribution is 0.166. The maximum atomic E-state index is 10.2. The smallest absolute Gasteiger partial charge is 0.0807 e. The molecule has 0 aromatic carbocycles. The minimum atomic E-state index is -0.286. The normalized spacial score (nSPS) is 18.9. The summed E-state index contributed by atoms with van der Waals surface area (Å²) in [7, 11) is 2.00. The summed E-state index contributed by atoms with van der Waals surface area (Å²) in [6.07, 6.45) is 9.28. The Balaban J connectivity index is 1.84. The van der Waals surface area contributed by atoms with Gasteiger partial charge in [0.05, 0.1) is 24.0 Å². The molecule has 1 unspecified atom stereocenters. The van der Waals surface area contributed by atoms with E-state index in [4.69, 9.17) is 0 Å². The van der Waals surface area contributed by atoms with E-state index < -0.39 is 0 Å². The number of hydrogen-bond donors (Lipinski definition) is 1. The lowest BCUT2D eigenvalue weighted by atomic mass is 10.1. The van der Waals surface area contributed by atoms with Crippen LogP contribution in [-0.2, 0) is 26.4 Å². The number of rotatable bonds is 3. The summed E-state index contributed by atoms with van der Waals surface area (Å²) in [5, 5.41) is 14.7. The topological polar surface area (TPSA) is 43.0 Å². The highest BCUT2D eigenvalue weighted by Crippen LogP contribution is 2.29. The van der Waals surface area contributed by atoms with Gasteiger partial charge < -0.3 is 9.67 Å². The predicted octanol–water partition coefficient (Wildman–Crippen LogP) is 2.59. The van der Waals surface area contributed by atoms with E-state index in [0.717, 1.165) is 43.5 Å². The number of aliphatic hydroxyl groups excluding tert-OH is 1. The Morgan fingerprint density at radius 3 is 2.95 bits per heavy atom. The average molecular weight is 273 g/mol. The van der Waals surface area contributed by atoms with Crippen molar-refractivity contribution in [1.29, 1.82) is 0 Å². The average Bonchev–Trinajstić information content (AvgIpc) is 2.95. The number of aryl methyl sites for hydroxylation is 3. The van der Waals surface area contributed by atoms with Gasteiger partial charge >= 0.3 is 0 Å². The Morgan fingerprint density at radius 2 is 2.20 bits per heavy atom. The molecule has 4 nitrogen and oxygen atoms in total.